The summed E-state index contributed by atoms with van der Waals surface area (Å²) < 4.78 is 18.6. The molecule has 1 aliphatic heterocycles. The van der Waals surface area contributed by atoms with Crippen molar-refractivity contribution in [1.82, 2.24) is 0 Å². The average Bonchev–Trinajstić information content (AvgIpc) is 2.81. The van der Waals surface area contributed by atoms with Crippen LogP contribution < -0.4 is 15.5 Å². The number of ether oxygens (including phenoxy) is 1. The molecule has 0 aromatic heterocycles. The Bertz CT molecular complexity index is 972. The van der Waals surface area contributed by atoms with E-state index in [-0.39, 0.29) is 11.7 Å². The van der Waals surface area contributed by atoms with Crippen LogP contribution in [0.15, 0.2) is 78.9 Å². The van der Waals surface area contributed by atoms with Crippen LogP contribution in [0.5, 0.6) is 0 Å². The molecule has 0 bridgehead atoms. The van der Waals surface area contributed by atoms with Crippen molar-refractivity contribution in [2.75, 3.05) is 36.9 Å². The van der Waals surface area contributed by atoms with E-state index in [2.05, 4.69) is 22.8 Å². The third-order valence-electron chi connectivity index (χ3n) is 5.43. The van der Waals surface area contributed by atoms with Crippen LogP contribution in [-0.2, 0) is 16.1 Å². The van der Waals surface area contributed by atoms with Crippen LogP contribution in [0.25, 0.3) is 0 Å². The van der Waals surface area contributed by atoms with Gasteiger partial charge in [-0.1, -0.05) is 42.5 Å². The van der Waals surface area contributed by atoms with E-state index < -0.39 is 6.04 Å². The van der Waals surface area contributed by atoms with Crippen molar-refractivity contribution in [3.63, 3.8) is 0 Å². The topological polar surface area (TPSA) is 54.8 Å². The van der Waals surface area contributed by atoms with Crippen molar-refractivity contribution in [3.05, 3.63) is 95.8 Å². The molecule has 31 heavy (non-hydrogen) atoms. The van der Waals surface area contributed by atoms with E-state index in [9.17, 15) is 9.18 Å². The standard InChI is InChI=1S/C25H26FN3O2/c26-21-8-12-23(13-9-21)28-25(30)24(20-4-2-1-3-5-20)27-22-10-6-19(7-11-22)18-29-14-16-31-17-15-29/h1-13,24,27H,14-18H2,(H,28,30)/p+1/t24-/m1/s1. The molecule has 1 aliphatic rings. The molecule has 0 saturated carbocycles. The second-order valence-corrected chi connectivity index (χ2v) is 7.72. The van der Waals surface area contributed by atoms with Crippen LogP contribution in [-0.4, -0.2) is 32.2 Å². The normalized spacial score (nSPS) is 15.3. The van der Waals surface area contributed by atoms with Crippen molar-refractivity contribution < 1.29 is 18.8 Å². The first-order valence-electron chi connectivity index (χ1n) is 10.6. The summed E-state index contributed by atoms with van der Waals surface area (Å²) in [7, 11) is 0. The van der Waals surface area contributed by atoms with E-state index in [1.807, 2.05) is 42.5 Å². The Morgan fingerprint density at radius 3 is 2.23 bits per heavy atom. The van der Waals surface area contributed by atoms with Crippen molar-refractivity contribution >= 4 is 17.3 Å². The lowest BCUT2D eigenvalue weighted by Crippen LogP contribution is -3.12. The summed E-state index contributed by atoms with van der Waals surface area (Å²) in [5, 5.41) is 6.21. The van der Waals surface area contributed by atoms with Gasteiger partial charge in [-0.3, -0.25) is 4.79 Å². The molecule has 1 atom stereocenters. The van der Waals surface area contributed by atoms with Gasteiger partial charge in [-0.05, 0) is 42.0 Å². The molecule has 1 amide bonds. The highest BCUT2D eigenvalue weighted by Gasteiger charge is 2.21. The molecule has 5 nitrogen and oxygen atoms in total. The van der Waals surface area contributed by atoms with Gasteiger partial charge in [0.25, 0.3) is 5.91 Å². The Hall–Kier alpha value is -3.22. The average molecular weight is 421 g/mol. The summed E-state index contributed by atoms with van der Waals surface area (Å²) in [5.41, 5.74) is 3.53. The maximum absolute atomic E-state index is 13.2. The zero-order valence-corrected chi connectivity index (χ0v) is 17.3. The Balaban J connectivity index is 1.46. The minimum atomic E-state index is -0.582. The first-order chi connectivity index (χ1) is 15.2. The van der Waals surface area contributed by atoms with Crippen LogP contribution >= 0.6 is 0 Å². The van der Waals surface area contributed by atoms with Crippen molar-refractivity contribution in [2.24, 2.45) is 0 Å². The van der Waals surface area contributed by atoms with E-state index in [0.717, 1.165) is 44.1 Å². The molecule has 160 valence electrons. The lowest BCUT2D eigenvalue weighted by molar-refractivity contribution is -0.921. The molecule has 1 saturated heterocycles. The Kier molecular flexibility index (Phi) is 6.92. The maximum atomic E-state index is 13.2. The molecular weight excluding hydrogens is 393 g/mol. The third kappa shape index (κ3) is 5.90. The number of nitrogens with one attached hydrogen (secondary N) is 3. The van der Waals surface area contributed by atoms with Crippen molar-refractivity contribution in [2.45, 2.75) is 12.6 Å². The molecule has 0 spiro atoms. The molecule has 3 aromatic carbocycles. The van der Waals surface area contributed by atoms with Gasteiger partial charge in [0.15, 0.2) is 0 Å². The van der Waals surface area contributed by atoms with Crippen LogP contribution in [0.2, 0.25) is 0 Å². The number of quaternary nitrogens is 1. The fourth-order valence-electron chi connectivity index (χ4n) is 3.70. The van der Waals surface area contributed by atoms with Crippen molar-refractivity contribution in [1.29, 1.82) is 0 Å². The van der Waals surface area contributed by atoms with Gasteiger partial charge in [0.1, 0.15) is 31.5 Å². The second kappa shape index (κ2) is 10.2. The molecule has 6 heteroatoms. The van der Waals surface area contributed by atoms with Gasteiger partial charge in [0.2, 0.25) is 0 Å². The first kappa shape index (κ1) is 21.0. The number of carbonyl (C=O) groups excluding carboxylic acids is 1. The zero-order valence-electron chi connectivity index (χ0n) is 17.3. The largest absolute Gasteiger partial charge is 0.370 e. The summed E-state index contributed by atoms with van der Waals surface area (Å²) >= 11 is 0. The second-order valence-electron chi connectivity index (χ2n) is 7.72. The van der Waals surface area contributed by atoms with Gasteiger partial charge < -0.3 is 20.3 Å². The maximum Gasteiger partial charge on any atom is 0.251 e. The Labute approximate surface area is 181 Å². The van der Waals surface area contributed by atoms with Gasteiger partial charge in [-0.2, -0.15) is 0 Å². The molecule has 0 radical (unpaired) electrons. The summed E-state index contributed by atoms with van der Waals surface area (Å²) in [6.07, 6.45) is 0. The lowest BCUT2D eigenvalue weighted by Gasteiger charge is -2.24. The molecule has 0 unspecified atom stereocenters. The number of halogens is 1. The summed E-state index contributed by atoms with van der Waals surface area (Å²) in [6.45, 7) is 4.66. The molecule has 3 aromatic rings. The third-order valence-corrected chi connectivity index (χ3v) is 5.43. The number of rotatable bonds is 7. The zero-order chi connectivity index (χ0) is 21.5. The van der Waals surface area contributed by atoms with E-state index in [1.54, 1.807) is 12.1 Å². The highest BCUT2D eigenvalue weighted by Crippen LogP contribution is 2.22. The van der Waals surface area contributed by atoms with Gasteiger partial charge in [-0.25, -0.2) is 4.39 Å². The van der Waals surface area contributed by atoms with Gasteiger partial charge in [0, 0.05) is 16.9 Å². The van der Waals surface area contributed by atoms with E-state index in [0.29, 0.717) is 5.69 Å². The van der Waals surface area contributed by atoms with Crippen molar-refractivity contribution in [3.8, 4) is 0 Å². The fourth-order valence-corrected chi connectivity index (χ4v) is 3.70. The Morgan fingerprint density at radius 2 is 1.55 bits per heavy atom. The highest BCUT2D eigenvalue weighted by atomic mass is 19.1. The van der Waals surface area contributed by atoms with Gasteiger partial charge in [-0.15, -0.1) is 0 Å². The van der Waals surface area contributed by atoms with Crippen LogP contribution in [0, 0.1) is 5.82 Å². The lowest BCUT2D eigenvalue weighted by atomic mass is 10.1. The number of amides is 1. The molecular formula is C25H27FN3O2+. The predicted octanol–water partition coefficient (Wildman–Crippen LogP) is 3.03. The number of benzene rings is 3. The molecule has 1 fully saturated rings. The number of morpholine rings is 1. The summed E-state index contributed by atoms with van der Waals surface area (Å²) in [5.74, 6) is -0.547. The number of hydrogen-bond acceptors (Lipinski definition) is 3. The van der Waals surface area contributed by atoms with Gasteiger partial charge in [0.05, 0.1) is 13.2 Å². The Morgan fingerprint density at radius 1 is 0.903 bits per heavy atom. The first-order valence-corrected chi connectivity index (χ1v) is 10.6. The van der Waals surface area contributed by atoms with Crippen LogP contribution in [0.1, 0.15) is 17.2 Å². The smallest absolute Gasteiger partial charge is 0.251 e. The fraction of sp³-hybridized carbons (Fsp3) is 0.240. The van der Waals surface area contributed by atoms with Gasteiger partial charge >= 0.3 is 0 Å². The van der Waals surface area contributed by atoms with E-state index in [1.165, 1.54) is 22.6 Å². The predicted molar refractivity (Wildman–Crippen MR) is 119 cm³/mol. The molecule has 3 N–H and O–H groups in total. The summed E-state index contributed by atoms with van der Waals surface area (Å²) in [6, 6.07) is 23.0. The quantitative estimate of drug-likeness (QED) is 0.551. The monoisotopic (exact) mass is 420 g/mol. The summed E-state index contributed by atoms with van der Waals surface area (Å²) in [4.78, 5) is 14.6. The van der Waals surface area contributed by atoms with E-state index >= 15 is 0 Å². The van der Waals surface area contributed by atoms with E-state index in [4.69, 9.17) is 4.74 Å². The highest BCUT2D eigenvalue weighted by molar-refractivity contribution is 5.97. The van der Waals surface area contributed by atoms with Crippen LogP contribution in [0.3, 0.4) is 0 Å². The minimum Gasteiger partial charge on any atom is -0.370 e. The molecule has 0 aliphatic carbocycles. The number of hydrogen-bond donors (Lipinski definition) is 3. The SMILES string of the molecule is O=C(Nc1ccc(F)cc1)[C@H](Nc1ccc(C[NH+]2CCOCC2)cc1)c1ccccc1. The molecule has 4 rings (SSSR count). The minimum absolute atomic E-state index is 0.209. The molecule has 1 heterocycles. The number of anilines is 2. The van der Waals surface area contributed by atoms with Crippen LogP contribution in [0.4, 0.5) is 15.8 Å². The number of carbonyl (C=O) groups is 1.